The summed E-state index contributed by atoms with van der Waals surface area (Å²) in [6.45, 7) is 7.26. The number of amides is 1. The summed E-state index contributed by atoms with van der Waals surface area (Å²) < 4.78 is 6.10. The van der Waals surface area contributed by atoms with Gasteiger partial charge in [0.1, 0.15) is 5.75 Å². The monoisotopic (exact) mass is 382 g/mol. The van der Waals surface area contributed by atoms with Crippen LogP contribution in [0.25, 0.3) is 10.8 Å². The Balaban J connectivity index is 1.49. The fraction of sp³-hybridized carbons (Fsp3) is 0.542. The van der Waals surface area contributed by atoms with E-state index in [-0.39, 0.29) is 5.91 Å². The second kappa shape index (κ2) is 10.5. The normalized spacial score (nSPS) is 18.7. The Morgan fingerprint density at radius 3 is 2.82 bits per heavy atom. The molecule has 2 aromatic rings. The highest BCUT2D eigenvalue weighted by atomic mass is 16.5. The van der Waals surface area contributed by atoms with Gasteiger partial charge in [-0.05, 0) is 50.1 Å². The number of ether oxygens (including phenoxy) is 1. The molecule has 1 saturated heterocycles. The first kappa shape index (κ1) is 20.7. The van der Waals surface area contributed by atoms with Crippen LogP contribution in [-0.4, -0.2) is 42.6 Å². The molecule has 4 heteroatoms. The van der Waals surface area contributed by atoms with Crippen LogP contribution in [0.4, 0.5) is 0 Å². The van der Waals surface area contributed by atoms with E-state index in [2.05, 4.69) is 29.3 Å². The van der Waals surface area contributed by atoms with Crippen molar-refractivity contribution in [2.75, 3.05) is 19.6 Å². The van der Waals surface area contributed by atoms with Gasteiger partial charge in [0.15, 0.2) is 6.10 Å². The first-order valence-electron chi connectivity index (χ1n) is 10.9. The van der Waals surface area contributed by atoms with Gasteiger partial charge in [-0.1, -0.05) is 56.7 Å². The van der Waals surface area contributed by atoms with Gasteiger partial charge in [0.25, 0.3) is 5.91 Å². The van der Waals surface area contributed by atoms with E-state index in [9.17, 15) is 4.79 Å². The van der Waals surface area contributed by atoms with Crippen molar-refractivity contribution in [3.8, 4) is 5.75 Å². The maximum atomic E-state index is 12.6. The van der Waals surface area contributed by atoms with Gasteiger partial charge < -0.3 is 15.0 Å². The highest BCUT2D eigenvalue weighted by molar-refractivity contribution is 5.89. The number of benzene rings is 2. The van der Waals surface area contributed by atoms with Gasteiger partial charge in [-0.15, -0.1) is 0 Å². The van der Waals surface area contributed by atoms with Crippen LogP contribution in [0.5, 0.6) is 5.75 Å². The lowest BCUT2D eigenvalue weighted by atomic mass is 10.00. The van der Waals surface area contributed by atoms with Crippen LogP contribution < -0.4 is 10.1 Å². The summed E-state index contributed by atoms with van der Waals surface area (Å²) in [6.07, 6.45) is 6.40. The molecule has 3 rings (SSSR count). The molecule has 2 atom stereocenters. The zero-order valence-electron chi connectivity index (χ0n) is 17.3. The van der Waals surface area contributed by atoms with Gasteiger partial charge in [0.2, 0.25) is 0 Å². The fourth-order valence-electron chi connectivity index (χ4n) is 4.20. The number of carbonyl (C=O) groups is 1. The third-order valence-electron chi connectivity index (χ3n) is 5.82. The topological polar surface area (TPSA) is 41.6 Å². The predicted octanol–water partition coefficient (Wildman–Crippen LogP) is 4.77. The Bertz CT molecular complexity index is 756. The molecule has 0 aromatic heterocycles. The molecular formula is C24H34N2O2. The number of hydrogen-bond acceptors (Lipinski definition) is 3. The third-order valence-corrected chi connectivity index (χ3v) is 5.82. The van der Waals surface area contributed by atoms with Gasteiger partial charge in [-0.3, -0.25) is 4.79 Å². The van der Waals surface area contributed by atoms with Crippen LogP contribution in [0.15, 0.2) is 42.5 Å². The Morgan fingerprint density at radius 1 is 1.18 bits per heavy atom. The number of nitrogens with zero attached hydrogens (tertiary/aromatic N) is 1. The maximum Gasteiger partial charge on any atom is 0.261 e. The van der Waals surface area contributed by atoms with E-state index in [4.69, 9.17) is 4.74 Å². The van der Waals surface area contributed by atoms with Crippen molar-refractivity contribution in [3.63, 3.8) is 0 Å². The van der Waals surface area contributed by atoms with Crippen molar-refractivity contribution in [3.05, 3.63) is 42.5 Å². The van der Waals surface area contributed by atoms with E-state index >= 15 is 0 Å². The highest BCUT2D eigenvalue weighted by Gasteiger charge is 2.21. The Labute approximate surface area is 169 Å². The number of fused-ring (bicyclic) bond motifs is 1. The van der Waals surface area contributed by atoms with Crippen LogP contribution >= 0.6 is 0 Å². The molecule has 0 saturated carbocycles. The van der Waals surface area contributed by atoms with E-state index in [0.29, 0.717) is 13.0 Å². The summed E-state index contributed by atoms with van der Waals surface area (Å²) in [6, 6.07) is 14.8. The van der Waals surface area contributed by atoms with E-state index in [1.165, 1.54) is 32.2 Å². The molecule has 0 radical (unpaired) electrons. The first-order chi connectivity index (χ1) is 13.7. The van der Waals surface area contributed by atoms with Crippen molar-refractivity contribution in [2.24, 2.45) is 0 Å². The van der Waals surface area contributed by atoms with Crippen LogP contribution in [0, 0.1) is 0 Å². The minimum absolute atomic E-state index is 0.0129. The first-order valence-corrected chi connectivity index (χ1v) is 10.9. The molecule has 1 fully saturated rings. The smallest absolute Gasteiger partial charge is 0.261 e. The second-order valence-corrected chi connectivity index (χ2v) is 7.73. The van der Waals surface area contributed by atoms with E-state index in [1.54, 1.807) is 0 Å². The molecule has 28 heavy (non-hydrogen) atoms. The number of nitrogens with one attached hydrogen (secondary N) is 1. The van der Waals surface area contributed by atoms with E-state index in [1.807, 2.05) is 37.3 Å². The zero-order chi connectivity index (χ0) is 19.8. The number of likely N-dealkylation sites (tertiary alicyclic amines) is 1. The Kier molecular flexibility index (Phi) is 7.72. The largest absolute Gasteiger partial charge is 0.480 e. The molecule has 2 aromatic carbocycles. The number of hydrogen-bond donors (Lipinski definition) is 1. The van der Waals surface area contributed by atoms with Gasteiger partial charge >= 0.3 is 0 Å². The SMILES string of the molecule is CC[C@@H]1CCCCN1CCCNC(=O)[C@@H](CC)Oc1cccc2ccccc12. The van der Waals surface area contributed by atoms with Crippen molar-refractivity contribution >= 4 is 16.7 Å². The molecule has 0 aliphatic carbocycles. The fourth-order valence-corrected chi connectivity index (χ4v) is 4.20. The lowest BCUT2D eigenvalue weighted by Crippen LogP contribution is -2.42. The highest BCUT2D eigenvalue weighted by Crippen LogP contribution is 2.26. The summed E-state index contributed by atoms with van der Waals surface area (Å²) in [5.74, 6) is 0.764. The maximum absolute atomic E-state index is 12.6. The molecule has 1 amide bonds. The van der Waals surface area contributed by atoms with Gasteiger partial charge in [-0.2, -0.15) is 0 Å². The zero-order valence-corrected chi connectivity index (χ0v) is 17.3. The van der Waals surface area contributed by atoms with Gasteiger partial charge in [-0.25, -0.2) is 0 Å². The average molecular weight is 383 g/mol. The molecule has 4 nitrogen and oxygen atoms in total. The lowest BCUT2D eigenvalue weighted by Gasteiger charge is -2.35. The van der Waals surface area contributed by atoms with E-state index < -0.39 is 6.10 Å². The minimum Gasteiger partial charge on any atom is -0.480 e. The Hall–Kier alpha value is -2.07. The minimum atomic E-state index is -0.454. The summed E-state index contributed by atoms with van der Waals surface area (Å²) >= 11 is 0. The van der Waals surface area contributed by atoms with Crippen LogP contribution in [0.3, 0.4) is 0 Å². The lowest BCUT2D eigenvalue weighted by molar-refractivity contribution is -0.128. The number of piperidine rings is 1. The quantitative estimate of drug-likeness (QED) is 0.635. The summed E-state index contributed by atoms with van der Waals surface area (Å²) in [4.78, 5) is 15.2. The van der Waals surface area contributed by atoms with Crippen LogP contribution in [0.1, 0.15) is 52.4 Å². The predicted molar refractivity (Wildman–Crippen MR) is 116 cm³/mol. The number of rotatable bonds is 9. The average Bonchev–Trinajstić information content (AvgIpc) is 2.75. The molecule has 1 aliphatic heterocycles. The van der Waals surface area contributed by atoms with Gasteiger partial charge in [0, 0.05) is 24.5 Å². The van der Waals surface area contributed by atoms with Crippen molar-refractivity contribution in [2.45, 2.75) is 64.5 Å². The van der Waals surface area contributed by atoms with Crippen molar-refractivity contribution < 1.29 is 9.53 Å². The third kappa shape index (κ3) is 5.26. The molecule has 0 unspecified atom stereocenters. The van der Waals surface area contributed by atoms with Crippen LogP contribution in [0.2, 0.25) is 0 Å². The van der Waals surface area contributed by atoms with Crippen molar-refractivity contribution in [1.29, 1.82) is 0 Å². The standard InChI is InChI=1S/C24H34N2O2/c1-3-20-13-7-8-17-26(20)18-10-16-25-24(27)22(4-2)28-23-15-9-12-19-11-5-6-14-21(19)23/h5-6,9,11-12,14-15,20,22H,3-4,7-8,10,13,16-18H2,1-2H3,(H,25,27)/t20-,22-/m1/s1. The molecule has 1 aliphatic rings. The van der Waals surface area contributed by atoms with Gasteiger partial charge in [0.05, 0.1) is 0 Å². The van der Waals surface area contributed by atoms with Crippen molar-refractivity contribution in [1.82, 2.24) is 10.2 Å². The molecule has 0 spiro atoms. The molecule has 0 bridgehead atoms. The molecule has 152 valence electrons. The summed E-state index contributed by atoms with van der Waals surface area (Å²) in [5.41, 5.74) is 0. The molecule has 1 N–H and O–H groups in total. The Morgan fingerprint density at radius 2 is 2.00 bits per heavy atom. The van der Waals surface area contributed by atoms with E-state index in [0.717, 1.165) is 35.5 Å². The summed E-state index contributed by atoms with van der Waals surface area (Å²) in [7, 11) is 0. The van der Waals surface area contributed by atoms with Crippen LogP contribution in [-0.2, 0) is 4.79 Å². The molecular weight excluding hydrogens is 348 g/mol. The number of carbonyl (C=O) groups excluding carboxylic acids is 1. The summed E-state index contributed by atoms with van der Waals surface area (Å²) in [5, 5.41) is 5.26. The second-order valence-electron chi connectivity index (χ2n) is 7.73. The molecule has 1 heterocycles.